The zero-order valence-corrected chi connectivity index (χ0v) is 9.91. The van der Waals surface area contributed by atoms with E-state index in [1.165, 1.54) is 13.2 Å². The van der Waals surface area contributed by atoms with Gasteiger partial charge in [-0.05, 0) is 35.0 Å². The van der Waals surface area contributed by atoms with Gasteiger partial charge < -0.3 is 9.47 Å². The lowest BCUT2D eigenvalue weighted by Crippen LogP contribution is -2.19. The summed E-state index contributed by atoms with van der Waals surface area (Å²) in [6.45, 7) is 1.95. The zero-order chi connectivity index (χ0) is 11.4. The molecule has 0 saturated carbocycles. The zero-order valence-electron chi connectivity index (χ0n) is 8.32. The maximum Gasteiger partial charge on any atom is 0.419 e. The summed E-state index contributed by atoms with van der Waals surface area (Å²) in [6, 6.07) is 3.06. The minimum absolute atomic E-state index is 0.135. The number of carbonyl (C=O) groups is 2. The molecule has 1 aromatic rings. The smallest absolute Gasteiger partial charge is 0.419 e. The number of nitrogens with zero attached hydrogens (tertiary/aromatic N) is 1. The SMILES string of the molecule is CCOC(=O)c1ccc(Br)n1C(=O)OC. The number of methoxy groups -OCH3 is 1. The van der Waals surface area contributed by atoms with Crippen molar-refractivity contribution in [1.82, 2.24) is 4.57 Å². The molecular formula is C9H10BrNO4. The van der Waals surface area contributed by atoms with Crippen LogP contribution >= 0.6 is 15.9 Å². The molecule has 0 spiro atoms. The Labute approximate surface area is 95.1 Å². The highest BCUT2D eigenvalue weighted by molar-refractivity contribution is 9.10. The Balaban J connectivity index is 3.08. The van der Waals surface area contributed by atoms with Gasteiger partial charge in [-0.1, -0.05) is 0 Å². The largest absolute Gasteiger partial charge is 0.461 e. The fourth-order valence-corrected chi connectivity index (χ4v) is 1.52. The molecule has 1 aromatic heterocycles. The molecule has 0 amide bonds. The first-order valence-electron chi connectivity index (χ1n) is 4.24. The second-order valence-corrected chi connectivity index (χ2v) is 3.38. The first-order valence-corrected chi connectivity index (χ1v) is 5.03. The molecule has 0 radical (unpaired) electrons. The number of hydrogen-bond acceptors (Lipinski definition) is 4. The van der Waals surface area contributed by atoms with Crippen molar-refractivity contribution in [2.45, 2.75) is 6.92 Å². The van der Waals surface area contributed by atoms with E-state index in [2.05, 4.69) is 20.7 Å². The Kier molecular flexibility index (Phi) is 3.90. The highest BCUT2D eigenvalue weighted by Gasteiger charge is 2.20. The van der Waals surface area contributed by atoms with Gasteiger partial charge in [0.15, 0.2) is 0 Å². The van der Waals surface area contributed by atoms with E-state index in [1.54, 1.807) is 13.0 Å². The number of halogens is 1. The summed E-state index contributed by atoms with van der Waals surface area (Å²) in [6.07, 6.45) is -0.644. The van der Waals surface area contributed by atoms with E-state index in [0.29, 0.717) is 4.60 Å². The van der Waals surface area contributed by atoms with E-state index in [9.17, 15) is 9.59 Å². The molecule has 0 N–H and O–H groups in total. The van der Waals surface area contributed by atoms with Crippen LogP contribution in [0.2, 0.25) is 0 Å². The van der Waals surface area contributed by atoms with Crippen LogP contribution in [0.1, 0.15) is 17.4 Å². The molecule has 0 aromatic carbocycles. The summed E-state index contributed by atoms with van der Waals surface area (Å²) >= 11 is 3.13. The van der Waals surface area contributed by atoms with Crippen LogP contribution in [0, 0.1) is 0 Å². The van der Waals surface area contributed by atoms with Crippen molar-refractivity contribution in [2.75, 3.05) is 13.7 Å². The first-order chi connectivity index (χ1) is 7.11. The molecule has 82 valence electrons. The van der Waals surface area contributed by atoms with Gasteiger partial charge in [-0.15, -0.1) is 0 Å². The van der Waals surface area contributed by atoms with Crippen molar-refractivity contribution in [1.29, 1.82) is 0 Å². The molecule has 0 bridgehead atoms. The Morgan fingerprint density at radius 3 is 2.67 bits per heavy atom. The standard InChI is InChI=1S/C9H10BrNO4/c1-3-15-8(12)6-4-5-7(10)11(6)9(13)14-2/h4-5H,3H2,1-2H3. The predicted molar refractivity (Wildman–Crippen MR) is 55.9 cm³/mol. The van der Waals surface area contributed by atoms with Crippen LogP contribution in [0.25, 0.3) is 0 Å². The van der Waals surface area contributed by atoms with E-state index in [0.717, 1.165) is 4.57 Å². The molecule has 1 rings (SSSR count). The van der Waals surface area contributed by atoms with Crippen LogP contribution in [-0.2, 0) is 9.47 Å². The van der Waals surface area contributed by atoms with Gasteiger partial charge in [-0.2, -0.15) is 0 Å². The quantitative estimate of drug-likeness (QED) is 0.775. The van der Waals surface area contributed by atoms with Gasteiger partial charge in [-0.25, -0.2) is 14.2 Å². The van der Waals surface area contributed by atoms with Crippen molar-refractivity contribution in [2.24, 2.45) is 0 Å². The third kappa shape index (κ3) is 2.38. The van der Waals surface area contributed by atoms with Gasteiger partial charge in [0.2, 0.25) is 0 Å². The molecule has 0 fully saturated rings. The normalized spacial score (nSPS) is 9.80. The van der Waals surface area contributed by atoms with Crippen LogP contribution in [0.4, 0.5) is 4.79 Å². The lowest BCUT2D eigenvalue weighted by Gasteiger charge is -2.06. The van der Waals surface area contributed by atoms with E-state index in [1.807, 2.05) is 0 Å². The average molecular weight is 276 g/mol. The second kappa shape index (κ2) is 4.97. The van der Waals surface area contributed by atoms with E-state index < -0.39 is 12.1 Å². The van der Waals surface area contributed by atoms with Gasteiger partial charge in [0, 0.05) is 0 Å². The summed E-state index contributed by atoms with van der Waals surface area (Å²) in [4.78, 5) is 22.8. The predicted octanol–water partition coefficient (Wildman–Crippen LogP) is 2.04. The van der Waals surface area contributed by atoms with Gasteiger partial charge in [0.05, 0.1) is 18.3 Å². The maximum atomic E-state index is 11.4. The molecule has 1 heterocycles. The average Bonchev–Trinajstić information content (AvgIpc) is 2.59. The van der Waals surface area contributed by atoms with Crippen molar-refractivity contribution in [3.05, 3.63) is 22.4 Å². The van der Waals surface area contributed by atoms with Crippen molar-refractivity contribution < 1.29 is 19.1 Å². The van der Waals surface area contributed by atoms with E-state index >= 15 is 0 Å². The van der Waals surface area contributed by atoms with E-state index in [4.69, 9.17) is 4.74 Å². The first kappa shape index (κ1) is 11.8. The number of esters is 1. The van der Waals surface area contributed by atoms with Crippen LogP contribution < -0.4 is 0 Å². The third-order valence-electron chi connectivity index (χ3n) is 1.68. The lowest BCUT2D eigenvalue weighted by atomic mass is 10.4. The summed E-state index contributed by atoms with van der Waals surface area (Å²) in [5, 5.41) is 0. The molecule has 0 saturated heterocycles. The minimum atomic E-state index is -0.644. The highest BCUT2D eigenvalue weighted by atomic mass is 79.9. The van der Waals surface area contributed by atoms with Gasteiger partial charge in [0.1, 0.15) is 5.69 Å². The number of carbonyl (C=O) groups excluding carboxylic acids is 2. The summed E-state index contributed by atoms with van der Waals surface area (Å²) in [7, 11) is 1.24. The Hall–Kier alpha value is -1.30. The Morgan fingerprint density at radius 1 is 1.47 bits per heavy atom. The third-order valence-corrected chi connectivity index (χ3v) is 2.29. The molecule has 0 aliphatic rings. The molecule has 6 heteroatoms. The maximum absolute atomic E-state index is 11.4. The van der Waals surface area contributed by atoms with Crippen molar-refractivity contribution in [3.63, 3.8) is 0 Å². The lowest BCUT2D eigenvalue weighted by molar-refractivity contribution is 0.0512. The van der Waals surface area contributed by atoms with Crippen LogP contribution in [0.3, 0.4) is 0 Å². The monoisotopic (exact) mass is 275 g/mol. The molecule has 0 atom stereocenters. The Bertz CT molecular complexity index is 385. The molecule has 15 heavy (non-hydrogen) atoms. The van der Waals surface area contributed by atoms with Gasteiger partial charge in [0.25, 0.3) is 0 Å². The van der Waals surface area contributed by atoms with Gasteiger partial charge in [-0.3, -0.25) is 0 Å². The fourth-order valence-electron chi connectivity index (χ4n) is 1.05. The summed E-state index contributed by atoms with van der Waals surface area (Å²) in [5.74, 6) is -0.561. The topological polar surface area (TPSA) is 57.5 Å². The molecular weight excluding hydrogens is 266 g/mol. The molecule has 5 nitrogen and oxygen atoms in total. The number of hydrogen-bond donors (Lipinski definition) is 0. The number of aromatic nitrogens is 1. The fraction of sp³-hybridized carbons (Fsp3) is 0.333. The van der Waals surface area contributed by atoms with Crippen LogP contribution in [-0.4, -0.2) is 30.3 Å². The van der Waals surface area contributed by atoms with Crippen molar-refractivity contribution >= 4 is 28.0 Å². The molecule has 0 aliphatic heterocycles. The molecule has 0 unspecified atom stereocenters. The summed E-state index contributed by atoms with van der Waals surface area (Å²) in [5.41, 5.74) is 0.135. The van der Waals surface area contributed by atoms with Gasteiger partial charge >= 0.3 is 12.1 Å². The van der Waals surface area contributed by atoms with Crippen LogP contribution in [0.5, 0.6) is 0 Å². The minimum Gasteiger partial charge on any atom is -0.461 e. The highest BCUT2D eigenvalue weighted by Crippen LogP contribution is 2.16. The Morgan fingerprint density at radius 2 is 2.13 bits per heavy atom. The van der Waals surface area contributed by atoms with Crippen LogP contribution in [0.15, 0.2) is 16.7 Å². The summed E-state index contributed by atoms with van der Waals surface area (Å²) < 4.78 is 10.9. The second-order valence-electron chi connectivity index (χ2n) is 2.57. The number of rotatable bonds is 2. The number of ether oxygens (including phenoxy) is 2. The van der Waals surface area contributed by atoms with E-state index in [-0.39, 0.29) is 12.3 Å². The molecule has 0 aliphatic carbocycles. The van der Waals surface area contributed by atoms with Crippen molar-refractivity contribution in [3.8, 4) is 0 Å².